The molecule has 0 saturated heterocycles. The highest BCUT2D eigenvalue weighted by molar-refractivity contribution is 6.17. The normalized spacial score (nSPS) is 11.8. The molecule has 0 radical (unpaired) electrons. The minimum atomic E-state index is -4.71. The van der Waals surface area contributed by atoms with Gasteiger partial charge in [-0.1, -0.05) is 30.3 Å². The van der Waals surface area contributed by atoms with E-state index in [1.54, 1.807) is 24.3 Å². The summed E-state index contributed by atoms with van der Waals surface area (Å²) in [6.45, 7) is 0.391. The third-order valence-corrected chi connectivity index (χ3v) is 5.02. The van der Waals surface area contributed by atoms with Crippen molar-refractivity contribution in [2.24, 2.45) is 0 Å². The molecular formula is C22H19ClF3N5O. The first kappa shape index (κ1) is 21.9. The third kappa shape index (κ3) is 4.62. The number of ether oxygens (including phenoxy) is 1. The molecular weight excluding hydrogens is 443 g/mol. The lowest BCUT2D eigenvalue weighted by molar-refractivity contribution is -0.144. The number of alkyl halides is 4. The van der Waals surface area contributed by atoms with Crippen molar-refractivity contribution in [3.8, 4) is 11.4 Å². The van der Waals surface area contributed by atoms with E-state index in [0.717, 1.165) is 5.56 Å². The number of anilines is 1. The summed E-state index contributed by atoms with van der Waals surface area (Å²) in [5.41, 5.74) is 7.97. The fourth-order valence-corrected chi connectivity index (χ4v) is 3.39. The van der Waals surface area contributed by atoms with E-state index in [1.807, 2.05) is 30.3 Å². The minimum absolute atomic E-state index is 0.00708. The lowest BCUT2D eigenvalue weighted by Gasteiger charge is -2.11. The van der Waals surface area contributed by atoms with E-state index in [9.17, 15) is 13.2 Å². The monoisotopic (exact) mass is 461 g/mol. The second kappa shape index (κ2) is 9.04. The molecule has 0 saturated carbocycles. The third-order valence-electron chi connectivity index (χ3n) is 4.75. The highest BCUT2D eigenvalue weighted by atomic mass is 35.5. The van der Waals surface area contributed by atoms with Gasteiger partial charge in [-0.05, 0) is 42.7 Å². The zero-order chi connectivity index (χ0) is 22.7. The van der Waals surface area contributed by atoms with Crippen LogP contribution in [-0.4, -0.2) is 25.4 Å². The van der Waals surface area contributed by atoms with E-state index >= 15 is 0 Å². The molecule has 0 unspecified atom stereocenters. The summed E-state index contributed by atoms with van der Waals surface area (Å²) in [5.74, 6) is -0.334. The topological polar surface area (TPSA) is 78.9 Å². The second-order valence-electron chi connectivity index (χ2n) is 7.03. The SMILES string of the molecule is Nc1nc2c(CCCCl)nc(C(F)(F)F)nc2n1-c1ccc(OCc2ccccc2)cc1. The largest absolute Gasteiger partial charge is 0.489 e. The van der Waals surface area contributed by atoms with Gasteiger partial charge in [-0.3, -0.25) is 4.57 Å². The number of hydrogen-bond donors (Lipinski definition) is 1. The average molecular weight is 462 g/mol. The van der Waals surface area contributed by atoms with Gasteiger partial charge in [0.2, 0.25) is 11.8 Å². The van der Waals surface area contributed by atoms with Gasteiger partial charge in [-0.25, -0.2) is 15.0 Å². The first-order valence-electron chi connectivity index (χ1n) is 9.82. The van der Waals surface area contributed by atoms with E-state index in [4.69, 9.17) is 22.1 Å². The van der Waals surface area contributed by atoms with Crippen molar-refractivity contribution in [3.63, 3.8) is 0 Å². The molecule has 0 bridgehead atoms. The lowest BCUT2D eigenvalue weighted by atomic mass is 10.2. The summed E-state index contributed by atoms with van der Waals surface area (Å²) in [6, 6.07) is 16.5. The highest BCUT2D eigenvalue weighted by Gasteiger charge is 2.36. The average Bonchev–Trinajstić information content (AvgIpc) is 3.12. The number of benzene rings is 2. The molecule has 166 valence electrons. The maximum Gasteiger partial charge on any atom is 0.451 e. The number of rotatable bonds is 7. The van der Waals surface area contributed by atoms with Gasteiger partial charge in [0.05, 0.1) is 11.4 Å². The number of nitrogens with two attached hydrogens (primary N) is 1. The molecule has 4 aromatic rings. The molecule has 0 aliphatic heterocycles. The van der Waals surface area contributed by atoms with Crippen molar-refractivity contribution < 1.29 is 17.9 Å². The molecule has 0 aliphatic rings. The van der Waals surface area contributed by atoms with Gasteiger partial charge in [0.1, 0.15) is 17.9 Å². The molecule has 0 fully saturated rings. The van der Waals surface area contributed by atoms with Crippen molar-refractivity contribution in [2.45, 2.75) is 25.6 Å². The van der Waals surface area contributed by atoms with Crippen LogP contribution >= 0.6 is 11.6 Å². The number of fused-ring (bicyclic) bond motifs is 1. The number of nitrogens with zero attached hydrogens (tertiary/aromatic N) is 4. The minimum Gasteiger partial charge on any atom is -0.489 e. The van der Waals surface area contributed by atoms with E-state index in [-0.39, 0.29) is 35.1 Å². The summed E-state index contributed by atoms with van der Waals surface area (Å²) in [5, 5.41) is 0. The van der Waals surface area contributed by atoms with E-state index in [1.165, 1.54) is 4.57 Å². The Labute approximate surface area is 186 Å². The summed E-state index contributed by atoms with van der Waals surface area (Å²) in [6.07, 6.45) is -4.03. The van der Waals surface area contributed by atoms with Gasteiger partial charge in [0, 0.05) is 5.88 Å². The van der Waals surface area contributed by atoms with Crippen LogP contribution in [0.2, 0.25) is 0 Å². The zero-order valence-electron chi connectivity index (χ0n) is 16.8. The van der Waals surface area contributed by atoms with E-state index in [0.29, 0.717) is 24.5 Å². The molecule has 2 aromatic heterocycles. The van der Waals surface area contributed by atoms with Crippen LogP contribution in [0.4, 0.5) is 19.1 Å². The van der Waals surface area contributed by atoms with Crippen molar-refractivity contribution in [3.05, 3.63) is 71.7 Å². The van der Waals surface area contributed by atoms with Crippen LogP contribution in [0.1, 0.15) is 23.5 Å². The van der Waals surface area contributed by atoms with Crippen LogP contribution in [0.25, 0.3) is 16.9 Å². The Kier molecular flexibility index (Phi) is 6.18. The van der Waals surface area contributed by atoms with Crippen LogP contribution in [0.15, 0.2) is 54.6 Å². The fraction of sp³-hybridized carbons (Fsp3) is 0.227. The van der Waals surface area contributed by atoms with Crippen molar-refractivity contribution in [2.75, 3.05) is 11.6 Å². The summed E-state index contributed by atoms with van der Waals surface area (Å²) < 4.78 is 47.4. The Morgan fingerprint density at radius 3 is 2.34 bits per heavy atom. The number of halogens is 4. The maximum absolute atomic E-state index is 13.4. The number of aryl methyl sites for hydroxylation is 1. The molecule has 0 aliphatic carbocycles. The molecule has 0 spiro atoms. The van der Waals surface area contributed by atoms with Crippen LogP contribution < -0.4 is 10.5 Å². The predicted molar refractivity (Wildman–Crippen MR) is 116 cm³/mol. The van der Waals surface area contributed by atoms with Gasteiger partial charge >= 0.3 is 6.18 Å². The predicted octanol–water partition coefficient (Wildman–Crippen LogP) is 5.17. The number of aromatic nitrogens is 4. The van der Waals surface area contributed by atoms with Gasteiger partial charge in [0.25, 0.3) is 0 Å². The highest BCUT2D eigenvalue weighted by Crippen LogP contribution is 2.31. The lowest BCUT2D eigenvalue weighted by Crippen LogP contribution is -2.14. The summed E-state index contributed by atoms with van der Waals surface area (Å²) in [4.78, 5) is 11.6. The zero-order valence-corrected chi connectivity index (χ0v) is 17.6. The first-order chi connectivity index (χ1) is 15.4. The molecule has 0 amide bonds. The van der Waals surface area contributed by atoms with E-state index in [2.05, 4.69) is 15.0 Å². The van der Waals surface area contributed by atoms with Gasteiger partial charge in [0.15, 0.2) is 5.65 Å². The summed E-state index contributed by atoms with van der Waals surface area (Å²) in [7, 11) is 0. The van der Waals surface area contributed by atoms with Crippen molar-refractivity contribution in [1.82, 2.24) is 19.5 Å². The smallest absolute Gasteiger partial charge is 0.451 e. The second-order valence-corrected chi connectivity index (χ2v) is 7.41. The van der Waals surface area contributed by atoms with Crippen molar-refractivity contribution in [1.29, 1.82) is 0 Å². The van der Waals surface area contributed by atoms with Crippen LogP contribution in [0.5, 0.6) is 5.75 Å². The van der Waals surface area contributed by atoms with Gasteiger partial charge < -0.3 is 10.5 Å². The molecule has 32 heavy (non-hydrogen) atoms. The van der Waals surface area contributed by atoms with Gasteiger partial charge in [-0.2, -0.15) is 13.2 Å². The summed E-state index contributed by atoms with van der Waals surface area (Å²) >= 11 is 5.72. The Balaban J connectivity index is 1.69. The first-order valence-corrected chi connectivity index (χ1v) is 10.4. The quantitative estimate of drug-likeness (QED) is 0.384. The molecule has 6 nitrogen and oxygen atoms in total. The number of nitrogen functional groups attached to an aromatic ring is 1. The molecule has 0 atom stereocenters. The van der Waals surface area contributed by atoms with Gasteiger partial charge in [-0.15, -0.1) is 11.6 Å². The van der Waals surface area contributed by atoms with Crippen LogP contribution in [-0.2, 0) is 19.2 Å². The molecule has 2 heterocycles. The van der Waals surface area contributed by atoms with E-state index < -0.39 is 12.0 Å². The molecule has 10 heteroatoms. The molecule has 4 rings (SSSR count). The number of imidazole rings is 1. The Bertz CT molecular complexity index is 1210. The van der Waals surface area contributed by atoms with Crippen molar-refractivity contribution >= 4 is 28.7 Å². The Morgan fingerprint density at radius 1 is 0.969 bits per heavy atom. The number of hydrogen-bond acceptors (Lipinski definition) is 5. The Morgan fingerprint density at radius 2 is 1.69 bits per heavy atom. The molecule has 2 N–H and O–H groups in total. The molecule has 2 aromatic carbocycles. The van der Waals surface area contributed by atoms with Crippen LogP contribution in [0, 0.1) is 0 Å². The standard InChI is InChI=1S/C22H19ClF3N5O/c23-12-4-7-17-18-19(30-20(28-17)22(24,25)26)31(21(27)29-18)15-8-10-16(11-9-15)32-13-14-5-2-1-3-6-14/h1-3,5-6,8-11H,4,7,12-13H2,(H2,27,29). The Hall–Kier alpha value is -3.33. The van der Waals surface area contributed by atoms with Crippen LogP contribution in [0.3, 0.4) is 0 Å². The maximum atomic E-state index is 13.4. The fourth-order valence-electron chi connectivity index (χ4n) is 3.25.